The molecule has 1 N–H and O–H groups in total. The van der Waals surface area contributed by atoms with E-state index >= 15 is 0 Å². The molecular formula is C30H36N4O4S. The van der Waals surface area contributed by atoms with Crippen LogP contribution < -0.4 is 9.62 Å². The highest BCUT2D eigenvalue weighted by molar-refractivity contribution is 7.89. The van der Waals surface area contributed by atoms with Gasteiger partial charge >= 0.3 is 0 Å². The van der Waals surface area contributed by atoms with Gasteiger partial charge in [-0.2, -0.15) is 0 Å². The first-order chi connectivity index (χ1) is 18.8. The molecule has 9 heteroatoms. The minimum absolute atomic E-state index is 0.0604. The van der Waals surface area contributed by atoms with E-state index in [0.717, 1.165) is 55.5 Å². The van der Waals surface area contributed by atoms with Gasteiger partial charge in [-0.05, 0) is 60.3 Å². The molecule has 0 saturated heterocycles. The van der Waals surface area contributed by atoms with E-state index in [2.05, 4.69) is 14.6 Å². The maximum absolute atomic E-state index is 13.1. The van der Waals surface area contributed by atoms with Crippen LogP contribution in [0.1, 0.15) is 66.1 Å². The van der Waals surface area contributed by atoms with Crippen molar-refractivity contribution in [2.45, 2.75) is 57.9 Å². The lowest BCUT2D eigenvalue weighted by Gasteiger charge is -2.29. The Bertz CT molecular complexity index is 1360. The first-order valence-corrected chi connectivity index (χ1v) is 15.1. The summed E-state index contributed by atoms with van der Waals surface area (Å²) in [6, 6.07) is 17.8. The number of amides is 2. The molecule has 1 aromatic heterocycles. The third-order valence-corrected chi connectivity index (χ3v) is 8.05. The average molecular weight is 549 g/mol. The molecule has 0 radical (unpaired) electrons. The standard InChI is InChI=1S/C30H36N4O4S/c1-24(35)34-18-9-4-2-3-8-17-33(21-26-13-10-16-31-20-26)22-28-19-27(14-15-29(28)34)30(36)32-39(37,38)23-25-11-6-5-7-12-25/h5-7,10-16,19-20H,2-4,8-9,17-18,21-23H2,1H3,(H,32,36). The second kappa shape index (κ2) is 13.5. The van der Waals surface area contributed by atoms with Crippen LogP contribution in [-0.4, -0.2) is 43.2 Å². The van der Waals surface area contributed by atoms with E-state index in [1.165, 1.54) is 0 Å². The molecule has 0 saturated carbocycles. The number of nitrogens with one attached hydrogen (secondary N) is 1. The molecule has 39 heavy (non-hydrogen) atoms. The zero-order valence-electron chi connectivity index (χ0n) is 22.4. The Balaban J connectivity index is 1.64. The van der Waals surface area contributed by atoms with Crippen molar-refractivity contribution in [3.05, 3.63) is 95.3 Å². The van der Waals surface area contributed by atoms with E-state index in [-0.39, 0.29) is 17.2 Å². The molecule has 1 aliphatic rings. The van der Waals surface area contributed by atoms with Crippen molar-refractivity contribution in [3.63, 3.8) is 0 Å². The van der Waals surface area contributed by atoms with Crippen LogP contribution in [0.2, 0.25) is 0 Å². The average Bonchev–Trinajstić information content (AvgIpc) is 2.90. The number of nitrogens with zero attached hydrogens (tertiary/aromatic N) is 3. The molecule has 206 valence electrons. The van der Waals surface area contributed by atoms with E-state index in [1.807, 2.05) is 24.4 Å². The van der Waals surface area contributed by atoms with Gasteiger partial charge in [-0.25, -0.2) is 13.1 Å². The molecule has 1 aliphatic heterocycles. The number of sulfonamides is 1. The van der Waals surface area contributed by atoms with Crippen molar-refractivity contribution in [1.29, 1.82) is 0 Å². The van der Waals surface area contributed by atoms with Crippen molar-refractivity contribution in [3.8, 4) is 0 Å². The van der Waals surface area contributed by atoms with Crippen LogP contribution in [0.5, 0.6) is 0 Å². The normalized spacial score (nSPS) is 15.5. The van der Waals surface area contributed by atoms with Crippen molar-refractivity contribution in [1.82, 2.24) is 14.6 Å². The summed E-state index contributed by atoms with van der Waals surface area (Å²) in [5.41, 5.74) is 3.47. The summed E-state index contributed by atoms with van der Waals surface area (Å²) < 4.78 is 27.7. The smallest absolute Gasteiger partial charge is 0.264 e. The largest absolute Gasteiger partial charge is 0.312 e. The van der Waals surface area contributed by atoms with Crippen LogP contribution in [-0.2, 0) is 33.7 Å². The summed E-state index contributed by atoms with van der Waals surface area (Å²) in [5.74, 6) is -1.04. The number of hydrogen-bond donors (Lipinski definition) is 1. The fraction of sp³-hybridized carbons (Fsp3) is 0.367. The quantitative estimate of drug-likeness (QED) is 0.481. The zero-order chi connectivity index (χ0) is 27.7. The number of rotatable bonds is 6. The topological polar surface area (TPSA) is 99.7 Å². The first kappa shape index (κ1) is 28.4. The third-order valence-electron chi connectivity index (χ3n) is 6.84. The predicted molar refractivity (Wildman–Crippen MR) is 152 cm³/mol. The molecule has 0 unspecified atom stereocenters. The fourth-order valence-corrected chi connectivity index (χ4v) is 6.04. The molecule has 8 nitrogen and oxygen atoms in total. The van der Waals surface area contributed by atoms with E-state index in [4.69, 9.17) is 0 Å². The van der Waals surface area contributed by atoms with Crippen LogP contribution in [0.4, 0.5) is 5.69 Å². The Morgan fingerprint density at radius 2 is 1.62 bits per heavy atom. The van der Waals surface area contributed by atoms with Crippen molar-refractivity contribution < 1.29 is 18.0 Å². The summed E-state index contributed by atoms with van der Waals surface area (Å²) in [5, 5.41) is 0. The molecule has 3 aromatic rings. The monoisotopic (exact) mass is 548 g/mol. The maximum atomic E-state index is 13.1. The van der Waals surface area contributed by atoms with Gasteiger partial charge < -0.3 is 4.90 Å². The number of pyridine rings is 1. The lowest BCUT2D eigenvalue weighted by Crippen LogP contribution is -2.34. The van der Waals surface area contributed by atoms with Gasteiger partial charge in [0.15, 0.2) is 0 Å². The molecule has 2 amide bonds. The highest BCUT2D eigenvalue weighted by atomic mass is 32.2. The zero-order valence-corrected chi connectivity index (χ0v) is 23.2. The number of anilines is 1. The molecule has 0 fully saturated rings. The lowest BCUT2D eigenvalue weighted by atomic mass is 10.0. The van der Waals surface area contributed by atoms with Crippen LogP contribution in [0.25, 0.3) is 0 Å². The van der Waals surface area contributed by atoms with Crippen molar-refractivity contribution in [2.24, 2.45) is 0 Å². The molecule has 0 spiro atoms. The van der Waals surface area contributed by atoms with Gasteiger partial charge in [-0.3, -0.25) is 19.5 Å². The third kappa shape index (κ3) is 8.46. The minimum Gasteiger partial charge on any atom is -0.312 e. The second-order valence-electron chi connectivity index (χ2n) is 10.0. The van der Waals surface area contributed by atoms with E-state index in [9.17, 15) is 18.0 Å². The molecule has 4 rings (SSSR count). The molecule has 0 atom stereocenters. The number of aromatic nitrogens is 1. The SMILES string of the molecule is CC(=O)N1CCCCCCCN(Cc2cccnc2)Cc2cc(C(=O)NS(=O)(=O)Cc3ccccc3)ccc21. The van der Waals surface area contributed by atoms with E-state index in [1.54, 1.807) is 60.5 Å². The van der Waals surface area contributed by atoms with Crippen LogP contribution in [0.15, 0.2) is 73.1 Å². The Morgan fingerprint density at radius 1 is 0.897 bits per heavy atom. The Hall–Kier alpha value is -3.56. The Morgan fingerprint density at radius 3 is 2.33 bits per heavy atom. The number of fused-ring (bicyclic) bond motifs is 1. The highest BCUT2D eigenvalue weighted by Gasteiger charge is 2.22. The number of hydrogen-bond acceptors (Lipinski definition) is 6. The summed E-state index contributed by atoms with van der Waals surface area (Å²) in [7, 11) is -3.89. The van der Waals surface area contributed by atoms with Crippen LogP contribution in [0.3, 0.4) is 0 Å². The lowest BCUT2D eigenvalue weighted by molar-refractivity contribution is -0.116. The second-order valence-corrected chi connectivity index (χ2v) is 11.8. The van der Waals surface area contributed by atoms with Gasteiger partial charge in [0.05, 0.1) is 5.75 Å². The van der Waals surface area contributed by atoms with Gasteiger partial charge in [0.1, 0.15) is 0 Å². The number of carbonyl (C=O) groups is 2. The number of benzene rings is 2. The summed E-state index contributed by atoms with van der Waals surface area (Å²) >= 11 is 0. The fourth-order valence-electron chi connectivity index (χ4n) is 4.93. The molecule has 0 bridgehead atoms. The number of carbonyl (C=O) groups excluding carboxylic acids is 2. The Kier molecular flexibility index (Phi) is 9.84. The summed E-state index contributed by atoms with van der Waals surface area (Å²) in [4.78, 5) is 34.1. The van der Waals surface area contributed by atoms with E-state index < -0.39 is 15.9 Å². The van der Waals surface area contributed by atoms with Crippen LogP contribution in [0, 0.1) is 0 Å². The highest BCUT2D eigenvalue weighted by Crippen LogP contribution is 2.27. The van der Waals surface area contributed by atoms with Crippen molar-refractivity contribution in [2.75, 3.05) is 18.0 Å². The summed E-state index contributed by atoms with van der Waals surface area (Å²) in [6.45, 7) is 4.19. The van der Waals surface area contributed by atoms with Crippen molar-refractivity contribution >= 4 is 27.5 Å². The van der Waals surface area contributed by atoms with Gasteiger partial charge in [0.2, 0.25) is 15.9 Å². The van der Waals surface area contributed by atoms with Gasteiger partial charge in [-0.15, -0.1) is 0 Å². The van der Waals surface area contributed by atoms with Gasteiger partial charge in [0.25, 0.3) is 5.91 Å². The Labute approximate surface area is 231 Å². The van der Waals surface area contributed by atoms with Crippen LogP contribution >= 0.6 is 0 Å². The van der Waals surface area contributed by atoms with E-state index in [0.29, 0.717) is 25.2 Å². The predicted octanol–water partition coefficient (Wildman–Crippen LogP) is 4.66. The first-order valence-electron chi connectivity index (χ1n) is 13.4. The maximum Gasteiger partial charge on any atom is 0.264 e. The molecular weight excluding hydrogens is 512 g/mol. The molecule has 0 aliphatic carbocycles. The van der Waals surface area contributed by atoms with Gasteiger partial charge in [-0.1, -0.05) is 55.7 Å². The molecule has 2 aromatic carbocycles. The minimum atomic E-state index is -3.89. The summed E-state index contributed by atoms with van der Waals surface area (Å²) in [6.07, 6.45) is 8.81. The molecule has 2 heterocycles. The van der Waals surface area contributed by atoms with Gasteiger partial charge in [0, 0.05) is 50.2 Å².